The van der Waals surface area contributed by atoms with Gasteiger partial charge in [0.25, 0.3) is 0 Å². The number of anilines is 3. The van der Waals surface area contributed by atoms with Crippen LogP contribution < -0.4 is 4.90 Å². The van der Waals surface area contributed by atoms with Gasteiger partial charge in [0.2, 0.25) is 0 Å². The van der Waals surface area contributed by atoms with E-state index in [1.165, 1.54) is 30.9 Å². The molecule has 0 N–H and O–H groups in total. The van der Waals surface area contributed by atoms with E-state index in [0.29, 0.717) is 0 Å². The van der Waals surface area contributed by atoms with E-state index in [0.717, 1.165) is 39.0 Å². The molecule has 6 aromatic carbocycles. The van der Waals surface area contributed by atoms with Crippen molar-refractivity contribution < 1.29 is 4.42 Å². The fourth-order valence-electron chi connectivity index (χ4n) is 5.57. The fourth-order valence-corrected chi connectivity index (χ4v) is 6.70. The van der Waals surface area contributed by atoms with Crippen molar-refractivity contribution in [1.29, 1.82) is 0 Å². The molecule has 0 amide bonds. The highest BCUT2D eigenvalue weighted by Gasteiger charge is 2.21. The van der Waals surface area contributed by atoms with Crippen LogP contribution in [0.2, 0.25) is 0 Å². The predicted molar refractivity (Wildman–Crippen MR) is 159 cm³/mol. The van der Waals surface area contributed by atoms with Crippen LogP contribution in [0, 0.1) is 0 Å². The van der Waals surface area contributed by atoms with E-state index in [1.807, 2.05) is 17.4 Å². The summed E-state index contributed by atoms with van der Waals surface area (Å²) in [5.74, 6) is 0. The third-order valence-electron chi connectivity index (χ3n) is 7.23. The lowest BCUT2D eigenvalue weighted by molar-refractivity contribution is 0.673. The second kappa shape index (κ2) is 7.95. The minimum atomic E-state index is 0.927. The number of furan rings is 1. The lowest BCUT2D eigenvalue weighted by atomic mass is 10.0. The van der Waals surface area contributed by atoms with Crippen molar-refractivity contribution in [2.45, 2.75) is 0 Å². The average Bonchev–Trinajstić information content (AvgIpc) is 3.52. The Balaban J connectivity index is 1.49. The minimum absolute atomic E-state index is 0.927. The molecule has 2 heterocycles. The molecule has 0 saturated heterocycles. The standard InChI is InChI=1S/C34H21NOS/c1-2-11-24(12-3-1)35(25-18-17-22-9-4-5-10-23(22)21-25)28-14-8-16-30-32(28)33-31(37-30)20-19-27-26-13-6-7-15-29(26)36-34(27)33/h1-21H. The van der Waals surface area contributed by atoms with Gasteiger partial charge in [-0.25, -0.2) is 0 Å². The Labute approximate surface area is 217 Å². The largest absolute Gasteiger partial charge is 0.455 e. The van der Waals surface area contributed by atoms with E-state index >= 15 is 0 Å². The number of hydrogen-bond acceptors (Lipinski definition) is 3. The highest BCUT2D eigenvalue weighted by Crippen LogP contribution is 2.48. The van der Waals surface area contributed by atoms with Gasteiger partial charge in [-0.15, -0.1) is 11.3 Å². The summed E-state index contributed by atoms with van der Waals surface area (Å²) in [5.41, 5.74) is 5.30. The smallest absolute Gasteiger partial charge is 0.144 e. The number of thiophene rings is 1. The van der Waals surface area contributed by atoms with E-state index in [-0.39, 0.29) is 0 Å². The van der Waals surface area contributed by atoms with Gasteiger partial charge in [-0.3, -0.25) is 0 Å². The molecule has 174 valence electrons. The van der Waals surface area contributed by atoms with Gasteiger partial charge in [0, 0.05) is 42.3 Å². The summed E-state index contributed by atoms with van der Waals surface area (Å²) in [7, 11) is 0. The number of rotatable bonds is 3. The lowest BCUT2D eigenvalue weighted by Crippen LogP contribution is -2.10. The zero-order valence-corrected chi connectivity index (χ0v) is 20.7. The van der Waals surface area contributed by atoms with Crippen molar-refractivity contribution in [3.05, 3.63) is 127 Å². The number of benzene rings is 6. The Morgan fingerprint density at radius 2 is 1.30 bits per heavy atom. The lowest BCUT2D eigenvalue weighted by Gasteiger charge is -2.26. The monoisotopic (exact) mass is 491 g/mol. The molecule has 8 rings (SSSR count). The Hall–Kier alpha value is -4.60. The molecule has 2 nitrogen and oxygen atoms in total. The Morgan fingerprint density at radius 1 is 0.514 bits per heavy atom. The first kappa shape index (κ1) is 20.6. The second-order valence-corrected chi connectivity index (χ2v) is 10.5. The van der Waals surface area contributed by atoms with Gasteiger partial charge in [0.1, 0.15) is 11.2 Å². The maximum absolute atomic E-state index is 6.52. The van der Waals surface area contributed by atoms with E-state index < -0.39 is 0 Å². The van der Waals surface area contributed by atoms with Gasteiger partial charge in [-0.2, -0.15) is 0 Å². The van der Waals surface area contributed by atoms with Crippen LogP contribution in [0.25, 0.3) is 52.9 Å². The molecule has 0 aliphatic rings. The molecule has 0 radical (unpaired) electrons. The maximum Gasteiger partial charge on any atom is 0.144 e. The number of nitrogens with zero attached hydrogens (tertiary/aromatic N) is 1. The quantitative estimate of drug-likeness (QED) is 0.244. The SMILES string of the molecule is c1ccc(N(c2ccc3ccccc3c2)c2cccc3sc4ccc5c6ccccc6oc5c4c23)cc1. The first-order chi connectivity index (χ1) is 18.3. The summed E-state index contributed by atoms with van der Waals surface area (Å²) in [6.07, 6.45) is 0. The molecule has 0 saturated carbocycles. The zero-order valence-electron chi connectivity index (χ0n) is 19.9. The molecule has 0 spiro atoms. The van der Waals surface area contributed by atoms with E-state index in [1.54, 1.807) is 0 Å². The van der Waals surface area contributed by atoms with Gasteiger partial charge in [0.05, 0.1) is 5.69 Å². The third-order valence-corrected chi connectivity index (χ3v) is 8.35. The molecule has 2 aromatic heterocycles. The molecule has 0 bridgehead atoms. The first-order valence-electron chi connectivity index (χ1n) is 12.4. The van der Waals surface area contributed by atoms with Crippen LogP contribution >= 0.6 is 11.3 Å². The number of para-hydroxylation sites is 2. The van der Waals surface area contributed by atoms with Crippen LogP contribution in [-0.4, -0.2) is 0 Å². The molecule has 37 heavy (non-hydrogen) atoms. The summed E-state index contributed by atoms with van der Waals surface area (Å²) in [6, 6.07) is 45.3. The molecular weight excluding hydrogens is 470 g/mol. The van der Waals surface area contributed by atoms with Gasteiger partial charge in [-0.05, 0) is 65.4 Å². The Morgan fingerprint density at radius 3 is 2.22 bits per heavy atom. The van der Waals surface area contributed by atoms with Gasteiger partial charge < -0.3 is 9.32 Å². The second-order valence-electron chi connectivity index (χ2n) is 9.37. The van der Waals surface area contributed by atoms with Crippen molar-refractivity contribution in [3.63, 3.8) is 0 Å². The number of fused-ring (bicyclic) bond motifs is 8. The predicted octanol–water partition coefficient (Wildman–Crippen LogP) is 10.6. The normalized spacial score (nSPS) is 11.8. The highest BCUT2D eigenvalue weighted by atomic mass is 32.1. The van der Waals surface area contributed by atoms with Crippen molar-refractivity contribution in [2.75, 3.05) is 4.90 Å². The minimum Gasteiger partial charge on any atom is -0.455 e. The molecule has 8 aromatic rings. The zero-order chi connectivity index (χ0) is 24.3. The van der Waals surface area contributed by atoms with Crippen LogP contribution in [0.5, 0.6) is 0 Å². The van der Waals surface area contributed by atoms with Crippen LogP contribution in [0.1, 0.15) is 0 Å². The molecule has 0 unspecified atom stereocenters. The molecule has 0 fully saturated rings. The topological polar surface area (TPSA) is 16.4 Å². The molecule has 3 heteroatoms. The van der Waals surface area contributed by atoms with E-state index in [4.69, 9.17) is 4.42 Å². The van der Waals surface area contributed by atoms with Gasteiger partial charge in [-0.1, -0.05) is 72.8 Å². The summed E-state index contributed by atoms with van der Waals surface area (Å²) in [4.78, 5) is 2.38. The summed E-state index contributed by atoms with van der Waals surface area (Å²) in [5, 5.41) is 7.20. The Bertz CT molecular complexity index is 2100. The van der Waals surface area contributed by atoms with Crippen molar-refractivity contribution in [2.24, 2.45) is 0 Å². The maximum atomic E-state index is 6.52. The average molecular weight is 492 g/mol. The molecule has 0 atom stereocenters. The van der Waals surface area contributed by atoms with E-state index in [2.05, 4.69) is 126 Å². The van der Waals surface area contributed by atoms with Gasteiger partial charge >= 0.3 is 0 Å². The number of hydrogen-bond donors (Lipinski definition) is 0. The van der Waals surface area contributed by atoms with Crippen molar-refractivity contribution in [3.8, 4) is 0 Å². The highest BCUT2D eigenvalue weighted by molar-refractivity contribution is 7.26. The first-order valence-corrected chi connectivity index (χ1v) is 13.3. The van der Waals surface area contributed by atoms with Crippen LogP contribution in [-0.2, 0) is 0 Å². The third kappa shape index (κ3) is 3.11. The van der Waals surface area contributed by atoms with Crippen LogP contribution in [0.15, 0.2) is 132 Å². The van der Waals surface area contributed by atoms with Crippen LogP contribution in [0.3, 0.4) is 0 Å². The molecule has 0 aliphatic heterocycles. The molecule has 0 aliphatic carbocycles. The summed E-state index contributed by atoms with van der Waals surface area (Å²) < 4.78 is 9.01. The fraction of sp³-hybridized carbons (Fsp3) is 0. The van der Waals surface area contributed by atoms with Crippen molar-refractivity contribution >= 4 is 81.3 Å². The summed E-state index contributed by atoms with van der Waals surface area (Å²) in [6.45, 7) is 0. The Kier molecular flexibility index (Phi) is 4.42. The van der Waals surface area contributed by atoms with Crippen LogP contribution in [0.4, 0.5) is 17.1 Å². The summed E-state index contributed by atoms with van der Waals surface area (Å²) >= 11 is 1.82. The van der Waals surface area contributed by atoms with E-state index in [9.17, 15) is 0 Å². The molecular formula is C34H21NOS. The van der Waals surface area contributed by atoms with Crippen molar-refractivity contribution in [1.82, 2.24) is 0 Å². The van der Waals surface area contributed by atoms with Gasteiger partial charge in [0.15, 0.2) is 0 Å².